The molecule has 1 aromatic rings. The Morgan fingerprint density at radius 3 is 2.00 bits per heavy atom. The van der Waals surface area contributed by atoms with Crippen LogP contribution in [0.4, 0.5) is 23.2 Å². The maximum atomic E-state index is 13.5. The van der Waals surface area contributed by atoms with Crippen LogP contribution in [-0.4, -0.2) is 6.54 Å². The van der Waals surface area contributed by atoms with E-state index in [0.29, 0.717) is 19.4 Å². The highest BCUT2D eigenvalue weighted by molar-refractivity contribution is 5.46. The molecular formula is C10H10F4N2. The first kappa shape index (κ1) is 11.2. The zero-order chi connectivity index (χ0) is 11.9. The zero-order valence-electron chi connectivity index (χ0n) is 8.29. The van der Waals surface area contributed by atoms with E-state index in [1.807, 2.05) is 0 Å². The maximum absolute atomic E-state index is 13.5. The average Bonchev–Trinajstić information content (AvgIpc) is 2.77. The number of halogens is 4. The number of benzene rings is 1. The van der Waals surface area contributed by atoms with Crippen molar-refractivity contribution < 1.29 is 17.6 Å². The molecule has 88 valence electrons. The summed E-state index contributed by atoms with van der Waals surface area (Å²) in [4.78, 5) is 0. The summed E-state index contributed by atoms with van der Waals surface area (Å²) in [6.45, 7) is 0.567. The van der Waals surface area contributed by atoms with Crippen LogP contribution in [0.15, 0.2) is 0 Å². The van der Waals surface area contributed by atoms with E-state index >= 15 is 0 Å². The molecule has 0 bridgehead atoms. The molecule has 3 N–H and O–H groups in total. The van der Waals surface area contributed by atoms with E-state index in [9.17, 15) is 17.6 Å². The van der Waals surface area contributed by atoms with Crippen molar-refractivity contribution in [2.75, 3.05) is 12.3 Å². The van der Waals surface area contributed by atoms with Crippen molar-refractivity contribution in [3.8, 4) is 0 Å². The van der Waals surface area contributed by atoms with E-state index in [1.165, 1.54) is 0 Å². The minimum Gasteiger partial charge on any atom is -0.394 e. The molecule has 1 aromatic carbocycles. The van der Waals surface area contributed by atoms with Gasteiger partial charge in [-0.2, -0.15) is 0 Å². The third-order valence-electron chi connectivity index (χ3n) is 2.74. The van der Waals surface area contributed by atoms with Gasteiger partial charge in [-0.1, -0.05) is 0 Å². The molecule has 1 atom stereocenters. The highest BCUT2D eigenvalue weighted by atomic mass is 19.2. The molecule has 1 aliphatic rings. The van der Waals surface area contributed by atoms with E-state index in [2.05, 4.69) is 5.32 Å². The second kappa shape index (κ2) is 3.93. The van der Waals surface area contributed by atoms with Gasteiger partial charge in [-0.05, 0) is 19.4 Å². The Bertz CT molecular complexity index is 398. The first-order chi connectivity index (χ1) is 7.54. The minimum atomic E-state index is -1.53. The van der Waals surface area contributed by atoms with Gasteiger partial charge in [0.2, 0.25) is 0 Å². The van der Waals surface area contributed by atoms with Crippen LogP contribution in [0.3, 0.4) is 0 Å². The molecule has 0 saturated carbocycles. The Hall–Kier alpha value is -1.30. The third kappa shape index (κ3) is 1.53. The van der Waals surface area contributed by atoms with E-state index in [0.717, 1.165) is 0 Å². The Kier molecular flexibility index (Phi) is 2.75. The minimum absolute atomic E-state index is 0.441. The third-order valence-corrected chi connectivity index (χ3v) is 2.74. The molecule has 0 radical (unpaired) electrons. The smallest absolute Gasteiger partial charge is 0.185 e. The quantitative estimate of drug-likeness (QED) is 0.444. The van der Waals surface area contributed by atoms with Crippen LogP contribution in [0.25, 0.3) is 0 Å². The van der Waals surface area contributed by atoms with Crippen molar-refractivity contribution in [3.63, 3.8) is 0 Å². The molecule has 16 heavy (non-hydrogen) atoms. The van der Waals surface area contributed by atoms with Crippen LogP contribution in [0.1, 0.15) is 24.4 Å². The Labute approximate surface area is 89.4 Å². The van der Waals surface area contributed by atoms with Gasteiger partial charge in [0.25, 0.3) is 0 Å². The lowest BCUT2D eigenvalue weighted by atomic mass is 10.0. The number of nitrogens with one attached hydrogen (secondary N) is 1. The molecule has 2 nitrogen and oxygen atoms in total. The van der Waals surface area contributed by atoms with Gasteiger partial charge in [-0.15, -0.1) is 0 Å². The van der Waals surface area contributed by atoms with Crippen LogP contribution in [0, 0.1) is 23.3 Å². The summed E-state index contributed by atoms with van der Waals surface area (Å²) >= 11 is 0. The average molecular weight is 234 g/mol. The molecule has 0 amide bonds. The summed E-state index contributed by atoms with van der Waals surface area (Å²) in [5, 5.41) is 2.77. The van der Waals surface area contributed by atoms with E-state index in [-0.39, 0.29) is 0 Å². The van der Waals surface area contributed by atoms with Gasteiger partial charge in [0, 0.05) is 11.6 Å². The summed E-state index contributed by atoms with van der Waals surface area (Å²) < 4.78 is 53.2. The molecule has 0 aromatic heterocycles. The van der Waals surface area contributed by atoms with Gasteiger partial charge in [0.15, 0.2) is 23.3 Å². The van der Waals surface area contributed by atoms with Crippen molar-refractivity contribution >= 4 is 5.69 Å². The molecule has 0 aliphatic carbocycles. The number of rotatable bonds is 1. The molecule has 0 unspecified atom stereocenters. The molecule has 1 fully saturated rings. The number of nitrogens with two attached hydrogens (primary N) is 1. The monoisotopic (exact) mass is 234 g/mol. The van der Waals surface area contributed by atoms with Crippen LogP contribution in [-0.2, 0) is 0 Å². The maximum Gasteiger partial charge on any atom is 0.185 e. The predicted molar refractivity (Wildman–Crippen MR) is 50.7 cm³/mol. The fourth-order valence-electron chi connectivity index (χ4n) is 1.90. The van der Waals surface area contributed by atoms with Gasteiger partial charge in [-0.3, -0.25) is 0 Å². The molecule has 0 spiro atoms. The van der Waals surface area contributed by atoms with Crippen molar-refractivity contribution in [2.24, 2.45) is 0 Å². The van der Waals surface area contributed by atoms with Crippen LogP contribution >= 0.6 is 0 Å². The van der Waals surface area contributed by atoms with Crippen molar-refractivity contribution in [3.05, 3.63) is 28.8 Å². The van der Waals surface area contributed by atoms with Gasteiger partial charge in [0.1, 0.15) is 5.69 Å². The second-order valence-electron chi connectivity index (χ2n) is 3.73. The van der Waals surface area contributed by atoms with E-state index in [1.54, 1.807) is 0 Å². The zero-order valence-corrected chi connectivity index (χ0v) is 8.29. The summed E-state index contributed by atoms with van der Waals surface area (Å²) in [7, 11) is 0. The number of nitrogen functional groups attached to an aromatic ring is 1. The second-order valence-corrected chi connectivity index (χ2v) is 3.73. The fourth-order valence-corrected chi connectivity index (χ4v) is 1.90. The molecule has 1 heterocycles. The van der Waals surface area contributed by atoms with E-state index in [4.69, 9.17) is 5.73 Å². The first-order valence-corrected chi connectivity index (χ1v) is 4.88. The molecule has 2 rings (SSSR count). The largest absolute Gasteiger partial charge is 0.394 e. The number of hydrogen-bond donors (Lipinski definition) is 2. The predicted octanol–water partition coefficient (Wildman–Crippen LogP) is 2.25. The normalized spacial score (nSPS) is 20.4. The summed E-state index contributed by atoms with van der Waals surface area (Å²) in [5.41, 5.74) is 3.19. The number of anilines is 1. The van der Waals surface area contributed by atoms with Crippen molar-refractivity contribution in [2.45, 2.75) is 18.9 Å². The summed E-state index contributed by atoms with van der Waals surface area (Å²) in [6.07, 6.45) is 1.15. The van der Waals surface area contributed by atoms with Crippen molar-refractivity contribution in [1.29, 1.82) is 0 Å². The lowest BCUT2D eigenvalue weighted by Gasteiger charge is -2.15. The van der Waals surface area contributed by atoms with Crippen LogP contribution in [0.5, 0.6) is 0 Å². The Morgan fingerprint density at radius 1 is 1.00 bits per heavy atom. The lowest BCUT2D eigenvalue weighted by molar-refractivity contribution is 0.424. The number of hydrogen-bond acceptors (Lipinski definition) is 2. The SMILES string of the molecule is Nc1c(F)c(F)c([C@@H]2CCCN2)c(F)c1F. The van der Waals surface area contributed by atoms with Crippen LogP contribution in [0.2, 0.25) is 0 Å². The fraction of sp³-hybridized carbons (Fsp3) is 0.400. The summed E-state index contributed by atoms with van der Waals surface area (Å²) in [6, 6.07) is -0.690. The van der Waals surface area contributed by atoms with Gasteiger partial charge < -0.3 is 11.1 Å². The molecule has 1 saturated heterocycles. The molecule has 6 heteroatoms. The first-order valence-electron chi connectivity index (χ1n) is 4.88. The summed E-state index contributed by atoms with van der Waals surface area (Å²) in [5.74, 6) is -5.86. The van der Waals surface area contributed by atoms with Crippen LogP contribution < -0.4 is 11.1 Å². The van der Waals surface area contributed by atoms with Gasteiger partial charge >= 0.3 is 0 Å². The molecular weight excluding hydrogens is 224 g/mol. The Morgan fingerprint density at radius 2 is 1.56 bits per heavy atom. The van der Waals surface area contributed by atoms with Gasteiger partial charge in [0.05, 0.1) is 0 Å². The van der Waals surface area contributed by atoms with Crippen molar-refractivity contribution in [1.82, 2.24) is 5.32 Å². The standard InChI is InChI=1S/C10H10F4N2/c11-6-5(4-2-1-3-16-4)7(12)9(14)10(15)8(6)13/h4,16H,1-3,15H2/t4-/m0/s1. The lowest BCUT2D eigenvalue weighted by Crippen LogP contribution is -2.19. The van der Waals surface area contributed by atoms with E-state index < -0.39 is 40.6 Å². The van der Waals surface area contributed by atoms with Gasteiger partial charge in [-0.25, -0.2) is 17.6 Å². The molecule has 1 aliphatic heterocycles. The topological polar surface area (TPSA) is 38.0 Å². The Balaban J connectivity index is 2.59. The highest BCUT2D eigenvalue weighted by Crippen LogP contribution is 2.33. The highest BCUT2D eigenvalue weighted by Gasteiger charge is 2.30.